The minimum atomic E-state index is -1.09. The van der Waals surface area contributed by atoms with E-state index in [1.54, 1.807) is 6.92 Å². The number of hydrogen-bond acceptors (Lipinski definition) is 3. The van der Waals surface area contributed by atoms with E-state index in [4.69, 9.17) is 9.47 Å². The summed E-state index contributed by atoms with van der Waals surface area (Å²) in [6.07, 6.45) is 4.14. The second-order valence-corrected chi connectivity index (χ2v) is 10.1. The molecule has 162 valence electrons. The molecule has 3 aromatic carbocycles. The molecule has 32 heavy (non-hydrogen) atoms. The van der Waals surface area contributed by atoms with Crippen LogP contribution < -0.4 is 4.74 Å². The van der Waals surface area contributed by atoms with E-state index in [9.17, 15) is 4.79 Å². The van der Waals surface area contributed by atoms with Gasteiger partial charge in [0.1, 0.15) is 17.3 Å². The Morgan fingerprint density at radius 3 is 2.44 bits per heavy atom. The van der Waals surface area contributed by atoms with Gasteiger partial charge in [0, 0.05) is 27.2 Å². The van der Waals surface area contributed by atoms with Gasteiger partial charge in [-0.1, -0.05) is 48.9 Å². The van der Waals surface area contributed by atoms with Crippen molar-refractivity contribution in [1.82, 2.24) is 0 Å². The van der Waals surface area contributed by atoms with E-state index < -0.39 is 11.6 Å². The monoisotopic (exact) mass is 443 g/mol. The zero-order chi connectivity index (χ0) is 22.4. The number of carbonyl (C=O) groups excluding carboxylic acids is 1. The summed E-state index contributed by atoms with van der Waals surface area (Å²) in [5.74, 6) is 8.77. The highest BCUT2D eigenvalue weighted by molar-refractivity contribution is 7.97. The minimum Gasteiger partial charge on any atom is -0.481 e. The molecule has 4 rings (SSSR count). The van der Waals surface area contributed by atoms with Crippen LogP contribution in [0.15, 0.2) is 84.3 Å². The van der Waals surface area contributed by atoms with Gasteiger partial charge < -0.3 is 9.47 Å². The Hall–Kier alpha value is -3.16. The average molecular weight is 444 g/mol. The van der Waals surface area contributed by atoms with Crippen LogP contribution in [-0.2, 0) is 20.4 Å². The van der Waals surface area contributed by atoms with Crippen LogP contribution in [0.4, 0.5) is 0 Å². The third kappa shape index (κ3) is 5.18. The number of carbonyl (C=O) groups is 1. The average Bonchev–Trinajstić information content (AvgIpc) is 3.36. The molecule has 0 bridgehead atoms. The summed E-state index contributed by atoms with van der Waals surface area (Å²) in [5, 5.41) is 2.25. The number of fused-ring (bicyclic) bond motifs is 1. The van der Waals surface area contributed by atoms with Crippen LogP contribution in [0.3, 0.4) is 0 Å². The minimum absolute atomic E-state index is 0.189. The van der Waals surface area contributed by atoms with Crippen LogP contribution in [0.5, 0.6) is 5.75 Å². The molecule has 1 saturated heterocycles. The van der Waals surface area contributed by atoms with Crippen molar-refractivity contribution < 1.29 is 14.3 Å². The SMILES string of the molecule is C=CC(C)(C#Cc1ccccc1)OC(=O)COc1ccc([S+]2CCCC2)c2ccccc12. The largest absolute Gasteiger partial charge is 0.481 e. The Morgan fingerprint density at radius 2 is 1.72 bits per heavy atom. The molecule has 0 spiro atoms. The highest BCUT2D eigenvalue weighted by atomic mass is 32.2. The van der Waals surface area contributed by atoms with Crippen LogP contribution >= 0.6 is 0 Å². The quantitative estimate of drug-likeness (QED) is 0.218. The summed E-state index contributed by atoms with van der Waals surface area (Å²) < 4.78 is 11.5. The van der Waals surface area contributed by atoms with Gasteiger partial charge in [0.25, 0.3) is 0 Å². The maximum atomic E-state index is 12.6. The molecule has 4 heteroatoms. The molecule has 0 N–H and O–H groups in total. The zero-order valence-electron chi connectivity index (χ0n) is 18.3. The van der Waals surface area contributed by atoms with Gasteiger partial charge in [-0.05, 0) is 62.1 Å². The van der Waals surface area contributed by atoms with Crippen LogP contribution in [0.2, 0.25) is 0 Å². The van der Waals surface area contributed by atoms with Crippen LogP contribution in [0.25, 0.3) is 10.8 Å². The first-order chi connectivity index (χ1) is 15.6. The fourth-order valence-corrected chi connectivity index (χ4v) is 6.23. The first kappa shape index (κ1) is 22.0. The lowest BCUT2D eigenvalue weighted by Crippen LogP contribution is -2.30. The predicted octanol–water partition coefficient (Wildman–Crippen LogP) is 5.53. The Morgan fingerprint density at radius 1 is 1.03 bits per heavy atom. The van der Waals surface area contributed by atoms with Crippen molar-refractivity contribution in [2.45, 2.75) is 30.3 Å². The summed E-state index contributed by atoms with van der Waals surface area (Å²) >= 11 is 0. The lowest BCUT2D eigenvalue weighted by Gasteiger charge is -2.20. The van der Waals surface area contributed by atoms with Crippen molar-refractivity contribution in [2.24, 2.45) is 0 Å². The second-order valence-electron chi connectivity index (χ2n) is 7.91. The Bertz CT molecular complexity index is 1170. The molecule has 0 amide bonds. The van der Waals surface area contributed by atoms with Crippen molar-refractivity contribution in [2.75, 3.05) is 18.1 Å². The molecular formula is C28H27O3S+. The van der Waals surface area contributed by atoms with Gasteiger partial charge in [0.2, 0.25) is 0 Å². The Kier molecular flexibility index (Phi) is 6.87. The van der Waals surface area contributed by atoms with E-state index in [1.165, 1.54) is 40.7 Å². The molecule has 0 aliphatic carbocycles. The second kappa shape index (κ2) is 9.97. The predicted molar refractivity (Wildman–Crippen MR) is 132 cm³/mol. The lowest BCUT2D eigenvalue weighted by molar-refractivity contribution is -0.152. The molecule has 0 aromatic heterocycles. The van der Waals surface area contributed by atoms with Crippen LogP contribution in [0.1, 0.15) is 25.3 Å². The molecule has 1 atom stereocenters. The van der Waals surface area contributed by atoms with Gasteiger partial charge >= 0.3 is 5.97 Å². The third-order valence-corrected chi connectivity index (χ3v) is 8.02. The zero-order valence-corrected chi connectivity index (χ0v) is 19.1. The summed E-state index contributed by atoms with van der Waals surface area (Å²) in [6.45, 7) is 5.32. The molecule has 1 aliphatic heterocycles. The smallest absolute Gasteiger partial charge is 0.345 e. The summed E-state index contributed by atoms with van der Waals surface area (Å²) in [7, 11) is 0.307. The Balaban J connectivity index is 1.46. The molecular weight excluding hydrogens is 416 g/mol. The van der Waals surface area contributed by atoms with Crippen LogP contribution in [0, 0.1) is 11.8 Å². The van der Waals surface area contributed by atoms with Crippen molar-refractivity contribution in [3.8, 4) is 17.6 Å². The molecule has 1 unspecified atom stereocenters. The lowest BCUT2D eigenvalue weighted by atomic mass is 10.1. The van der Waals surface area contributed by atoms with E-state index in [0.717, 1.165) is 10.9 Å². The molecule has 3 aromatic rings. The van der Waals surface area contributed by atoms with E-state index in [2.05, 4.69) is 42.7 Å². The maximum absolute atomic E-state index is 12.6. The summed E-state index contributed by atoms with van der Waals surface area (Å²) in [4.78, 5) is 14.0. The molecule has 3 nitrogen and oxygen atoms in total. The van der Waals surface area contributed by atoms with Crippen molar-refractivity contribution >= 4 is 27.6 Å². The van der Waals surface area contributed by atoms with Gasteiger partial charge in [-0.25, -0.2) is 4.79 Å². The standard InChI is InChI=1S/C28H27O3S/c1-3-28(2,18-17-22-11-5-4-6-12-22)31-27(29)21-30-25-15-16-26(32-19-9-10-20-32)24-14-8-7-13-23(24)25/h3-8,11-16H,1,9-10,19-21H2,2H3/q+1. The molecule has 0 radical (unpaired) electrons. The van der Waals surface area contributed by atoms with Crippen molar-refractivity contribution in [3.05, 3.63) is 84.9 Å². The third-order valence-electron chi connectivity index (χ3n) is 5.48. The van der Waals surface area contributed by atoms with Gasteiger partial charge in [0.05, 0.1) is 0 Å². The van der Waals surface area contributed by atoms with Crippen LogP contribution in [-0.4, -0.2) is 29.7 Å². The first-order valence-corrected chi connectivity index (χ1v) is 12.4. The maximum Gasteiger partial charge on any atom is 0.345 e. The molecule has 1 heterocycles. The number of benzene rings is 3. The highest BCUT2D eigenvalue weighted by Crippen LogP contribution is 2.34. The topological polar surface area (TPSA) is 35.5 Å². The van der Waals surface area contributed by atoms with E-state index in [1.807, 2.05) is 42.5 Å². The first-order valence-electron chi connectivity index (χ1n) is 10.8. The van der Waals surface area contributed by atoms with Crippen molar-refractivity contribution in [3.63, 3.8) is 0 Å². The highest BCUT2D eigenvalue weighted by Gasteiger charge is 2.29. The Labute approximate surface area is 192 Å². The fraction of sp³-hybridized carbons (Fsp3) is 0.250. The van der Waals surface area contributed by atoms with Gasteiger partial charge in [-0.15, -0.1) is 0 Å². The summed E-state index contributed by atoms with van der Waals surface area (Å²) in [6, 6.07) is 22.0. The van der Waals surface area contributed by atoms with E-state index in [0.29, 0.717) is 16.6 Å². The van der Waals surface area contributed by atoms with Gasteiger partial charge in [-0.2, -0.15) is 0 Å². The van der Waals surface area contributed by atoms with E-state index in [-0.39, 0.29) is 6.61 Å². The molecule has 0 saturated carbocycles. The van der Waals surface area contributed by atoms with Crippen molar-refractivity contribution in [1.29, 1.82) is 0 Å². The molecule has 1 aliphatic rings. The summed E-state index contributed by atoms with van der Waals surface area (Å²) in [5.41, 5.74) is -0.242. The number of esters is 1. The fourth-order valence-electron chi connectivity index (χ4n) is 3.73. The number of ether oxygens (including phenoxy) is 2. The van der Waals surface area contributed by atoms with Gasteiger partial charge in [0.15, 0.2) is 17.1 Å². The molecule has 1 fully saturated rings. The normalized spacial score (nSPS) is 15.4. The van der Waals surface area contributed by atoms with E-state index >= 15 is 0 Å². The number of rotatable bonds is 6. The number of hydrogen-bond donors (Lipinski definition) is 0. The van der Waals surface area contributed by atoms with Gasteiger partial charge in [-0.3, -0.25) is 0 Å².